The number of halogens is 2. The Balaban J connectivity index is 1.70. The highest BCUT2D eigenvalue weighted by atomic mass is 35.5. The van der Waals surface area contributed by atoms with E-state index in [0.717, 1.165) is 18.6 Å². The van der Waals surface area contributed by atoms with Crippen molar-refractivity contribution >= 4 is 23.2 Å². The zero-order valence-electron chi connectivity index (χ0n) is 9.46. The molecule has 0 saturated carbocycles. The van der Waals surface area contributed by atoms with Gasteiger partial charge in [0.05, 0.1) is 0 Å². The first kappa shape index (κ1) is 11.6. The molecule has 3 atom stereocenters. The van der Waals surface area contributed by atoms with Crippen LogP contribution in [0.2, 0.25) is 10.0 Å². The smallest absolute Gasteiger partial charge is 0.122 e. The molecule has 2 aliphatic rings. The lowest BCUT2D eigenvalue weighted by atomic mass is 10.0. The van der Waals surface area contributed by atoms with Gasteiger partial charge >= 0.3 is 0 Å². The molecule has 0 amide bonds. The highest BCUT2D eigenvalue weighted by molar-refractivity contribution is 6.34. The predicted molar refractivity (Wildman–Crippen MR) is 70.1 cm³/mol. The lowest BCUT2D eigenvalue weighted by Crippen LogP contribution is -2.42. The van der Waals surface area contributed by atoms with Gasteiger partial charge < -0.3 is 10.1 Å². The van der Waals surface area contributed by atoms with Gasteiger partial charge in [0.2, 0.25) is 0 Å². The number of nitrogens with one attached hydrogen (secondary N) is 1. The van der Waals surface area contributed by atoms with Crippen molar-refractivity contribution in [2.75, 3.05) is 0 Å². The Labute approximate surface area is 111 Å². The fourth-order valence-corrected chi connectivity index (χ4v) is 3.40. The van der Waals surface area contributed by atoms with Crippen molar-refractivity contribution in [2.24, 2.45) is 0 Å². The van der Waals surface area contributed by atoms with Gasteiger partial charge in [-0.15, -0.1) is 0 Å². The first-order valence-electron chi connectivity index (χ1n) is 6.08. The first-order valence-corrected chi connectivity index (χ1v) is 6.83. The van der Waals surface area contributed by atoms with E-state index in [4.69, 9.17) is 27.9 Å². The summed E-state index contributed by atoms with van der Waals surface area (Å²) < 4.78 is 5.99. The highest BCUT2D eigenvalue weighted by Crippen LogP contribution is 2.31. The third kappa shape index (κ3) is 2.70. The molecular formula is C13H15Cl2NO. The highest BCUT2D eigenvalue weighted by Gasteiger charge is 2.34. The fourth-order valence-electron chi connectivity index (χ4n) is 2.89. The normalized spacial score (nSPS) is 31.5. The molecule has 2 nitrogen and oxygen atoms in total. The first-order chi connectivity index (χ1) is 8.19. The predicted octanol–water partition coefficient (Wildman–Crippen LogP) is 3.66. The van der Waals surface area contributed by atoms with Crippen LogP contribution in [0.5, 0.6) is 5.75 Å². The molecule has 2 saturated heterocycles. The summed E-state index contributed by atoms with van der Waals surface area (Å²) in [7, 11) is 0. The second kappa shape index (κ2) is 4.68. The molecule has 2 fully saturated rings. The van der Waals surface area contributed by atoms with Crippen LogP contribution < -0.4 is 10.1 Å². The van der Waals surface area contributed by atoms with Crippen LogP contribution in [0.15, 0.2) is 18.2 Å². The number of ether oxygens (including phenoxy) is 1. The Morgan fingerprint density at radius 2 is 1.59 bits per heavy atom. The maximum absolute atomic E-state index is 5.99. The lowest BCUT2D eigenvalue weighted by Gasteiger charge is -2.29. The molecule has 0 radical (unpaired) electrons. The van der Waals surface area contributed by atoms with E-state index in [0.29, 0.717) is 28.2 Å². The van der Waals surface area contributed by atoms with E-state index in [-0.39, 0.29) is 0 Å². The molecule has 0 spiro atoms. The summed E-state index contributed by atoms with van der Waals surface area (Å²) in [5.41, 5.74) is 0. The van der Waals surface area contributed by atoms with E-state index in [2.05, 4.69) is 5.32 Å². The van der Waals surface area contributed by atoms with Crippen LogP contribution in [0.4, 0.5) is 0 Å². The summed E-state index contributed by atoms with van der Waals surface area (Å²) in [4.78, 5) is 0. The van der Waals surface area contributed by atoms with Crippen molar-refractivity contribution < 1.29 is 4.74 Å². The Hall–Kier alpha value is -0.440. The van der Waals surface area contributed by atoms with Crippen molar-refractivity contribution in [1.82, 2.24) is 5.32 Å². The minimum absolute atomic E-state index is 0.295. The molecule has 2 bridgehead atoms. The third-order valence-corrected chi connectivity index (χ3v) is 4.01. The van der Waals surface area contributed by atoms with Gasteiger partial charge in [-0.1, -0.05) is 23.2 Å². The van der Waals surface area contributed by atoms with Gasteiger partial charge in [0.25, 0.3) is 0 Å². The molecule has 1 N–H and O–H groups in total. The third-order valence-electron chi connectivity index (χ3n) is 3.57. The van der Waals surface area contributed by atoms with Crippen LogP contribution in [0, 0.1) is 0 Å². The second-order valence-corrected chi connectivity index (χ2v) is 5.83. The molecule has 2 aliphatic heterocycles. The molecule has 1 aromatic rings. The average molecular weight is 272 g/mol. The number of fused-ring (bicyclic) bond motifs is 2. The van der Waals surface area contributed by atoms with Gasteiger partial charge in [-0.2, -0.15) is 0 Å². The Morgan fingerprint density at radius 3 is 2.18 bits per heavy atom. The summed E-state index contributed by atoms with van der Waals surface area (Å²) in [5.74, 6) is 0.786. The Bertz CT molecular complexity index is 392. The van der Waals surface area contributed by atoms with Gasteiger partial charge in [0.15, 0.2) is 0 Å². The molecule has 1 aromatic carbocycles. The fraction of sp³-hybridized carbons (Fsp3) is 0.538. The van der Waals surface area contributed by atoms with Gasteiger partial charge in [0.1, 0.15) is 11.9 Å². The van der Waals surface area contributed by atoms with Crippen LogP contribution in [-0.2, 0) is 0 Å². The molecular weight excluding hydrogens is 257 g/mol. The number of piperidine rings is 1. The van der Waals surface area contributed by atoms with E-state index in [9.17, 15) is 0 Å². The quantitative estimate of drug-likeness (QED) is 0.887. The number of benzene rings is 1. The van der Waals surface area contributed by atoms with Crippen molar-refractivity contribution in [3.63, 3.8) is 0 Å². The van der Waals surface area contributed by atoms with E-state index in [1.165, 1.54) is 12.8 Å². The zero-order valence-corrected chi connectivity index (χ0v) is 11.0. The van der Waals surface area contributed by atoms with Crippen LogP contribution in [0.1, 0.15) is 25.7 Å². The molecule has 0 aromatic heterocycles. The zero-order chi connectivity index (χ0) is 11.8. The average Bonchev–Trinajstić information content (AvgIpc) is 2.56. The van der Waals surface area contributed by atoms with Gasteiger partial charge in [0, 0.05) is 22.1 Å². The van der Waals surface area contributed by atoms with E-state index >= 15 is 0 Å². The van der Waals surface area contributed by atoms with Gasteiger partial charge in [-0.05, 0) is 43.9 Å². The molecule has 17 heavy (non-hydrogen) atoms. The standard InChI is InChI=1S/C13H15Cl2NO/c14-8-3-9(15)5-12(4-8)17-13-6-10-1-2-11(7-13)16-10/h3-5,10-11,13,16H,1-2,6-7H2/t10-,11+,13+. The van der Waals surface area contributed by atoms with Crippen molar-refractivity contribution in [3.05, 3.63) is 28.2 Å². The number of hydrogen-bond donors (Lipinski definition) is 1. The largest absolute Gasteiger partial charge is 0.490 e. The van der Waals surface area contributed by atoms with Crippen molar-refractivity contribution in [1.29, 1.82) is 0 Å². The lowest BCUT2D eigenvalue weighted by molar-refractivity contribution is 0.137. The monoisotopic (exact) mass is 271 g/mol. The molecule has 92 valence electrons. The Kier molecular flexibility index (Phi) is 3.20. The number of rotatable bonds is 2. The van der Waals surface area contributed by atoms with Crippen molar-refractivity contribution in [2.45, 2.75) is 43.9 Å². The minimum Gasteiger partial charge on any atom is -0.490 e. The maximum Gasteiger partial charge on any atom is 0.122 e. The Morgan fingerprint density at radius 1 is 1.00 bits per heavy atom. The van der Waals surface area contributed by atoms with Crippen LogP contribution in [0.25, 0.3) is 0 Å². The SMILES string of the molecule is Clc1cc(Cl)cc(O[C@H]2C[C@H]3CC[C@@H](C2)N3)c1. The summed E-state index contributed by atoms with van der Waals surface area (Å²) in [6.45, 7) is 0. The van der Waals surface area contributed by atoms with Gasteiger partial charge in [-0.3, -0.25) is 0 Å². The van der Waals surface area contributed by atoms with E-state index < -0.39 is 0 Å². The topological polar surface area (TPSA) is 21.3 Å². The summed E-state index contributed by atoms with van der Waals surface area (Å²) in [5, 5.41) is 4.85. The van der Waals surface area contributed by atoms with Gasteiger partial charge in [-0.25, -0.2) is 0 Å². The molecule has 4 heteroatoms. The molecule has 0 aliphatic carbocycles. The van der Waals surface area contributed by atoms with Crippen LogP contribution in [0.3, 0.4) is 0 Å². The van der Waals surface area contributed by atoms with Crippen molar-refractivity contribution in [3.8, 4) is 5.75 Å². The maximum atomic E-state index is 5.99. The van der Waals surface area contributed by atoms with Crippen LogP contribution in [-0.4, -0.2) is 18.2 Å². The second-order valence-electron chi connectivity index (χ2n) is 4.95. The van der Waals surface area contributed by atoms with E-state index in [1.807, 2.05) is 12.1 Å². The van der Waals surface area contributed by atoms with Crippen LogP contribution >= 0.6 is 23.2 Å². The summed E-state index contributed by atoms with van der Waals surface area (Å²) in [6.07, 6.45) is 5.02. The summed E-state index contributed by atoms with van der Waals surface area (Å²) >= 11 is 11.9. The molecule has 3 rings (SSSR count). The number of hydrogen-bond acceptors (Lipinski definition) is 2. The molecule has 2 heterocycles. The van der Waals surface area contributed by atoms with E-state index in [1.54, 1.807) is 6.07 Å². The summed E-state index contributed by atoms with van der Waals surface area (Å²) in [6, 6.07) is 6.65. The minimum atomic E-state index is 0.295. The molecule has 0 unspecified atom stereocenters.